The summed E-state index contributed by atoms with van der Waals surface area (Å²) in [5.74, 6) is 2.39. The molecule has 204 valence electrons. The molecule has 0 unspecified atom stereocenters. The molecule has 0 spiro atoms. The van der Waals surface area contributed by atoms with Gasteiger partial charge in [0, 0.05) is 0 Å². The maximum atomic E-state index is 6.12. The summed E-state index contributed by atoms with van der Waals surface area (Å²) >= 11 is 0. The van der Waals surface area contributed by atoms with Crippen molar-refractivity contribution in [3.05, 3.63) is 17.7 Å². The maximum Gasteiger partial charge on any atom is 0.203 e. The van der Waals surface area contributed by atoms with Gasteiger partial charge in [-0.1, -0.05) is 129 Å². The van der Waals surface area contributed by atoms with E-state index in [0.717, 1.165) is 48.9 Å². The number of benzene rings is 1. The zero-order chi connectivity index (χ0) is 25.4. The topological polar surface area (TPSA) is 27.7 Å². The van der Waals surface area contributed by atoms with Crippen molar-refractivity contribution in [1.29, 1.82) is 0 Å². The van der Waals surface area contributed by atoms with E-state index in [1.165, 1.54) is 116 Å². The minimum Gasteiger partial charge on any atom is -0.490 e. The quantitative estimate of drug-likeness (QED) is 0.128. The number of ether oxygens (including phenoxy) is 3. The molecule has 0 saturated carbocycles. The summed E-state index contributed by atoms with van der Waals surface area (Å²) in [6.45, 7) is 8.14. The van der Waals surface area contributed by atoms with E-state index in [1.807, 2.05) is 0 Å². The molecule has 0 bridgehead atoms. The van der Waals surface area contributed by atoms with Gasteiger partial charge in [-0.2, -0.15) is 0 Å². The molecule has 0 atom stereocenters. The molecule has 1 aromatic carbocycles. The molecule has 1 rings (SSSR count). The van der Waals surface area contributed by atoms with Crippen molar-refractivity contribution in [3.63, 3.8) is 0 Å². The van der Waals surface area contributed by atoms with Crippen molar-refractivity contribution in [1.82, 2.24) is 0 Å². The van der Waals surface area contributed by atoms with Gasteiger partial charge in [0.2, 0.25) is 5.75 Å². The molecule has 1 aromatic rings. The number of unbranched alkanes of at least 4 members (excludes halogenated alkanes) is 18. The fraction of sp³-hybridized carbons (Fsp3) is 0.812. The van der Waals surface area contributed by atoms with Gasteiger partial charge in [-0.25, -0.2) is 0 Å². The lowest BCUT2D eigenvalue weighted by molar-refractivity contribution is 0.259. The fourth-order valence-corrected chi connectivity index (χ4v) is 4.67. The predicted molar refractivity (Wildman–Crippen MR) is 152 cm³/mol. The maximum absolute atomic E-state index is 6.12. The van der Waals surface area contributed by atoms with Crippen LogP contribution in [0.2, 0.25) is 0 Å². The van der Waals surface area contributed by atoms with E-state index in [9.17, 15) is 0 Å². The zero-order valence-electron chi connectivity index (χ0n) is 23.9. The second kappa shape index (κ2) is 23.0. The first-order valence-corrected chi connectivity index (χ1v) is 15.2. The Bertz CT molecular complexity index is 551. The van der Waals surface area contributed by atoms with Crippen LogP contribution in [0.5, 0.6) is 17.2 Å². The summed E-state index contributed by atoms with van der Waals surface area (Å²) in [6, 6.07) is 4.14. The number of rotatable bonds is 25. The van der Waals surface area contributed by atoms with Crippen LogP contribution >= 0.6 is 0 Å². The number of methoxy groups -OCH3 is 1. The second-order valence-electron chi connectivity index (χ2n) is 10.4. The van der Waals surface area contributed by atoms with Crippen molar-refractivity contribution in [2.24, 2.45) is 0 Å². The van der Waals surface area contributed by atoms with Crippen molar-refractivity contribution in [3.8, 4) is 17.2 Å². The third kappa shape index (κ3) is 16.8. The van der Waals surface area contributed by atoms with Gasteiger partial charge >= 0.3 is 0 Å². The van der Waals surface area contributed by atoms with Crippen LogP contribution in [-0.2, 0) is 0 Å². The third-order valence-corrected chi connectivity index (χ3v) is 6.88. The molecule has 35 heavy (non-hydrogen) atoms. The average molecular weight is 491 g/mol. The normalized spacial score (nSPS) is 11.1. The first-order chi connectivity index (χ1) is 17.2. The Labute approximate surface area is 218 Å². The van der Waals surface area contributed by atoms with Crippen LogP contribution in [-0.4, -0.2) is 20.3 Å². The van der Waals surface area contributed by atoms with E-state index < -0.39 is 0 Å². The van der Waals surface area contributed by atoms with E-state index in [0.29, 0.717) is 0 Å². The molecular weight excluding hydrogens is 432 g/mol. The molecule has 0 heterocycles. The lowest BCUT2D eigenvalue weighted by Crippen LogP contribution is -2.04. The minimum absolute atomic E-state index is 0.744. The van der Waals surface area contributed by atoms with Gasteiger partial charge in [0.25, 0.3) is 0 Å². The fourth-order valence-electron chi connectivity index (χ4n) is 4.67. The highest BCUT2D eigenvalue weighted by atomic mass is 16.5. The van der Waals surface area contributed by atoms with Crippen LogP contribution in [0.15, 0.2) is 12.1 Å². The summed E-state index contributed by atoms with van der Waals surface area (Å²) < 4.78 is 17.9. The number of hydrogen-bond acceptors (Lipinski definition) is 3. The molecule has 3 heteroatoms. The highest BCUT2D eigenvalue weighted by molar-refractivity contribution is 5.53. The lowest BCUT2D eigenvalue weighted by atomic mass is 10.1. The summed E-state index contributed by atoms with van der Waals surface area (Å²) in [5, 5.41) is 0. The molecule has 0 radical (unpaired) electrons. The Morgan fingerprint density at radius 1 is 0.486 bits per heavy atom. The van der Waals surface area contributed by atoms with Crippen LogP contribution < -0.4 is 14.2 Å². The Morgan fingerprint density at radius 2 is 0.800 bits per heavy atom. The van der Waals surface area contributed by atoms with E-state index in [2.05, 4.69) is 32.9 Å². The second-order valence-corrected chi connectivity index (χ2v) is 10.4. The van der Waals surface area contributed by atoms with Gasteiger partial charge < -0.3 is 14.2 Å². The third-order valence-electron chi connectivity index (χ3n) is 6.88. The van der Waals surface area contributed by atoms with Crippen molar-refractivity contribution < 1.29 is 14.2 Å². The Hall–Kier alpha value is -1.38. The Morgan fingerprint density at radius 3 is 1.11 bits per heavy atom. The molecule has 0 N–H and O–H groups in total. The van der Waals surface area contributed by atoms with E-state index >= 15 is 0 Å². The standard InChI is InChI=1S/C32H58O3/c1-5-7-9-11-13-15-17-19-21-23-25-34-30-27-29(3)28-31(32(30)33-4)35-26-24-22-20-18-16-14-12-10-8-6-2/h27-28H,5-26H2,1-4H3. The zero-order valence-corrected chi connectivity index (χ0v) is 23.9. The molecule has 0 aromatic heterocycles. The summed E-state index contributed by atoms with van der Waals surface area (Å²) in [6.07, 6.45) is 26.7. The summed E-state index contributed by atoms with van der Waals surface area (Å²) in [7, 11) is 1.71. The molecule has 0 aliphatic carbocycles. The monoisotopic (exact) mass is 490 g/mol. The highest BCUT2D eigenvalue weighted by Crippen LogP contribution is 2.38. The number of hydrogen-bond donors (Lipinski definition) is 0. The van der Waals surface area contributed by atoms with E-state index in [4.69, 9.17) is 14.2 Å². The van der Waals surface area contributed by atoms with Gasteiger partial charge in [-0.05, 0) is 37.5 Å². The Balaban J connectivity index is 2.20. The molecule has 0 aliphatic heterocycles. The van der Waals surface area contributed by atoms with Crippen molar-refractivity contribution >= 4 is 0 Å². The van der Waals surface area contributed by atoms with Gasteiger partial charge in [-0.15, -0.1) is 0 Å². The summed E-state index contributed by atoms with van der Waals surface area (Å²) in [5.41, 5.74) is 1.15. The first-order valence-electron chi connectivity index (χ1n) is 15.2. The highest BCUT2D eigenvalue weighted by Gasteiger charge is 2.13. The average Bonchev–Trinajstić information content (AvgIpc) is 2.85. The van der Waals surface area contributed by atoms with E-state index in [-0.39, 0.29) is 0 Å². The summed E-state index contributed by atoms with van der Waals surface area (Å²) in [4.78, 5) is 0. The molecule has 0 fully saturated rings. The molecule has 0 saturated heterocycles. The van der Waals surface area contributed by atoms with Gasteiger partial charge in [0.05, 0.1) is 20.3 Å². The van der Waals surface area contributed by atoms with Gasteiger partial charge in [0.15, 0.2) is 11.5 Å². The van der Waals surface area contributed by atoms with Crippen LogP contribution in [0, 0.1) is 6.92 Å². The largest absolute Gasteiger partial charge is 0.490 e. The van der Waals surface area contributed by atoms with Crippen LogP contribution in [0.3, 0.4) is 0 Å². The molecule has 0 aliphatic rings. The first kappa shape index (κ1) is 31.6. The predicted octanol–water partition coefficient (Wildman–Crippen LogP) is 10.6. The molecule has 3 nitrogen and oxygen atoms in total. The van der Waals surface area contributed by atoms with Gasteiger partial charge in [0.1, 0.15) is 0 Å². The number of aryl methyl sites for hydroxylation is 1. The van der Waals surface area contributed by atoms with E-state index in [1.54, 1.807) is 7.11 Å². The SMILES string of the molecule is CCCCCCCCCCCCOc1cc(C)cc(OCCCCCCCCCCCC)c1OC. The van der Waals surface area contributed by atoms with Crippen molar-refractivity contribution in [2.45, 2.75) is 149 Å². The van der Waals surface area contributed by atoms with Gasteiger partial charge in [-0.3, -0.25) is 0 Å². The lowest BCUT2D eigenvalue weighted by Gasteiger charge is -2.16. The minimum atomic E-state index is 0.744. The molecule has 0 amide bonds. The van der Waals surface area contributed by atoms with Crippen LogP contribution in [0.25, 0.3) is 0 Å². The molecular formula is C32H58O3. The van der Waals surface area contributed by atoms with Crippen LogP contribution in [0.4, 0.5) is 0 Å². The smallest absolute Gasteiger partial charge is 0.203 e. The van der Waals surface area contributed by atoms with Crippen molar-refractivity contribution in [2.75, 3.05) is 20.3 Å². The Kier molecular flexibility index (Phi) is 20.8. The van der Waals surface area contributed by atoms with Crippen LogP contribution in [0.1, 0.15) is 148 Å².